The molecule has 1 atom stereocenters. The van der Waals surface area contributed by atoms with E-state index in [1.165, 1.54) is 7.11 Å². The van der Waals surface area contributed by atoms with Crippen molar-refractivity contribution in [2.45, 2.75) is 19.4 Å². The van der Waals surface area contributed by atoms with Gasteiger partial charge in [0.25, 0.3) is 5.91 Å². The van der Waals surface area contributed by atoms with Gasteiger partial charge in [-0.15, -0.1) is 11.3 Å². The third kappa shape index (κ3) is 3.84. The molecule has 0 aliphatic rings. The first-order chi connectivity index (χ1) is 16.5. The monoisotopic (exact) mass is 473 g/mol. The zero-order valence-corrected chi connectivity index (χ0v) is 19.8. The van der Waals surface area contributed by atoms with Gasteiger partial charge < -0.3 is 15.0 Å². The van der Waals surface area contributed by atoms with Crippen LogP contribution in [0.25, 0.3) is 32.5 Å². The molecule has 0 unspecified atom stereocenters. The highest BCUT2D eigenvalue weighted by atomic mass is 32.1. The van der Waals surface area contributed by atoms with E-state index >= 15 is 0 Å². The van der Waals surface area contributed by atoms with Crippen molar-refractivity contribution < 1.29 is 14.3 Å². The Morgan fingerprint density at radius 2 is 2.06 bits per heavy atom. The molecule has 0 aliphatic heterocycles. The van der Waals surface area contributed by atoms with Gasteiger partial charge in [-0.3, -0.25) is 9.48 Å². The Labute approximate surface area is 199 Å². The Morgan fingerprint density at radius 1 is 1.24 bits per heavy atom. The third-order valence-corrected chi connectivity index (χ3v) is 6.77. The Morgan fingerprint density at radius 3 is 2.82 bits per heavy atom. The van der Waals surface area contributed by atoms with Crippen molar-refractivity contribution in [1.82, 2.24) is 25.1 Å². The zero-order valence-electron chi connectivity index (χ0n) is 19.0. The predicted octanol–water partition coefficient (Wildman–Crippen LogP) is 4.00. The molecule has 2 N–H and O–H groups in total. The summed E-state index contributed by atoms with van der Waals surface area (Å²) in [6, 6.07) is 12.6. The highest BCUT2D eigenvalue weighted by molar-refractivity contribution is 7.13. The lowest BCUT2D eigenvalue weighted by Crippen LogP contribution is -2.43. The Bertz CT molecular complexity index is 1520. The number of aromatic amines is 1. The molecule has 0 fully saturated rings. The number of fused-ring (bicyclic) bond motifs is 2. The normalized spacial score (nSPS) is 12.2. The minimum atomic E-state index is -0.859. The average molecular weight is 474 g/mol. The van der Waals surface area contributed by atoms with Crippen molar-refractivity contribution in [3.05, 3.63) is 70.9 Å². The maximum absolute atomic E-state index is 13.6. The number of hydrogen-bond acceptors (Lipinski definition) is 6. The molecule has 8 nitrogen and oxygen atoms in total. The first kappa shape index (κ1) is 21.8. The smallest absolute Gasteiger partial charge is 0.328 e. The van der Waals surface area contributed by atoms with E-state index < -0.39 is 12.0 Å². The van der Waals surface area contributed by atoms with Crippen molar-refractivity contribution in [2.75, 3.05) is 7.11 Å². The fourth-order valence-electron chi connectivity index (χ4n) is 4.27. The number of esters is 1. The number of H-pyrrole nitrogens is 1. The number of ether oxygens (including phenoxy) is 1. The molecular weight excluding hydrogens is 450 g/mol. The maximum atomic E-state index is 13.6. The summed E-state index contributed by atoms with van der Waals surface area (Å²) in [5.74, 6) is -0.887. The summed E-state index contributed by atoms with van der Waals surface area (Å²) in [5.41, 5.74) is 4.30. The molecule has 5 aromatic rings. The van der Waals surface area contributed by atoms with Gasteiger partial charge >= 0.3 is 5.97 Å². The van der Waals surface area contributed by atoms with E-state index in [2.05, 4.69) is 15.4 Å². The van der Waals surface area contributed by atoms with Crippen molar-refractivity contribution in [2.24, 2.45) is 7.05 Å². The molecule has 0 radical (unpaired) electrons. The zero-order chi connectivity index (χ0) is 23.8. The highest BCUT2D eigenvalue weighted by Gasteiger charge is 2.26. The van der Waals surface area contributed by atoms with Crippen LogP contribution in [0.5, 0.6) is 0 Å². The summed E-state index contributed by atoms with van der Waals surface area (Å²) < 4.78 is 6.69. The first-order valence-corrected chi connectivity index (χ1v) is 11.7. The summed E-state index contributed by atoms with van der Waals surface area (Å²) in [5, 5.41) is 11.0. The van der Waals surface area contributed by atoms with Crippen LogP contribution in [0, 0.1) is 6.92 Å². The summed E-state index contributed by atoms with van der Waals surface area (Å²) >= 11 is 1.54. The number of benzene rings is 1. The molecule has 0 saturated heterocycles. The second-order valence-electron chi connectivity index (χ2n) is 8.05. The summed E-state index contributed by atoms with van der Waals surface area (Å²) in [7, 11) is 3.12. The number of pyridine rings is 1. The second kappa shape index (κ2) is 8.75. The number of aryl methyl sites for hydroxylation is 2. The molecule has 5 rings (SSSR count). The minimum absolute atomic E-state index is 0.292. The van der Waals surface area contributed by atoms with Gasteiger partial charge in [0.05, 0.1) is 34.3 Å². The molecule has 4 aromatic heterocycles. The average Bonchev–Trinajstić information content (AvgIpc) is 3.58. The van der Waals surface area contributed by atoms with Crippen molar-refractivity contribution in [3.63, 3.8) is 0 Å². The van der Waals surface area contributed by atoms with E-state index in [0.717, 1.165) is 21.3 Å². The summed E-state index contributed by atoms with van der Waals surface area (Å²) in [4.78, 5) is 35.1. The number of amides is 1. The van der Waals surface area contributed by atoms with Crippen LogP contribution < -0.4 is 5.32 Å². The van der Waals surface area contributed by atoms with Gasteiger partial charge in [0.15, 0.2) is 5.65 Å². The van der Waals surface area contributed by atoms with Crippen molar-refractivity contribution in [1.29, 1.82) is 0 Å². The van der Waals surface area contributed by atoms with Crippen LogP contribution in [0.1, 0.15) is 21.6 Å². The first-order valence-electron chi connectivity index (χ1n) is 10.8. The van der Waals surface area contributed by atoms with Gasteiger partial charge in [-0.05, 0) is 36.1 Å². The van der Waals surface area contributed by atoms with E-state index in [1.54, 1.807) is 29.1 Å². The van der Waals surface area contributed by atoms with Crippen molar-refractivity contribution >= 4 is 45.1 Å². The molecule has 4 heterocycles. The molecule has 0 saturated carbocycles. The number of nitrogens with zero attached hydrogens (tertiary/aromatic N) is 3. The molecule has 0 aliphatic carbocycles. The number of methoxy groups -OCH3 is 1. The van der Waals surface area contributed by atoms with E-state index in [1.807, 2.05) is 54.9 Å². The quantitative estimate of drug-likeness (QED) is 0.363. The molecule has 1 amide bonds. The largest absolute Gasteiger partial charge is 0.467 e. The number of carbonyl (C=O) groups is 2. The molecule has 1 aromatic carbocycles. The Hall–Kier alpha value is -3.98. The summed E-state index contributed by atoms with van der Waals surface area (Å²) in [6.45, 7) is 1.84. The van der Waals surface area contributed by atoms with Gasteiger partial charge in [0.1, 0.15) is 6.04 Å². The Balaban J connectivity index is 1.53. The van der Waals surface area contributed by atoms with Crippen LogP contribution in [-0.2, 0) is 23.0 Å². The SMILES string of the molecule is COC(=O)[C@@H](Cc1c[nH]c2ccccc12)NC(=O)c1cc(-c2cccs2)nc2c1c(C)nn2C. The highest BCUT2D eigenvalue weighted by Crippen LogP contribution is 2.29. The van der Waals surface area contributed by atoms with E-state index in [-0.39, 0.29) is 5.91 Å². The minimum Gasteiger partial charge on any atom is -0.467 e. The molecular formula is C25H23N5O3S. The molecule has 0 bridgehead atoms. The van der Waals surface area contributed by atoms with Crippen LogP contribution in [0.3, 0.4) is 0 Å². The molecule has 9 heteroatoms. The van der Waals surface area contributed by atoms with E-state index in [4.69, 9.17) is 9.72 Å². The van der Waals surface area contributed by atoms with Crippen LogP contribution in [0.15, 0.2) is 54.0 Å². The van der Waals surface area contributed by atoms with Gasteiger partial charge in [0.2, 0.25) is 0 Å². The lowest BCUT2D eigenvalue weighted by atomic mass is 10.0. The lowest BCUT2D eigenvalue weighted by molar-refractivity contribution is -0.142. The summed E-state index contributed by atoms with van der Waals surface area (Å²) in [6.07, 6.45) is 2.15. The topological polar surface area (TPSA) is 102 Å². The number of para-hydroxylation sites is 1. The van der Waals surface area contributed by atoms with Gasteiger partial charge in [-0.1, -0.05) is 24.3 Å². The number of thiophene rings is 1. The lowest BCUT2D eigenvalue weighted by Gasteiger charge is -2.17. The Kier molecular flexibility index (Phi) is 5.62. The second-order valence-corrected chi connectivity index (χ2v) is 9.00. The number of hydrogen-bond donors (Lipinski definition) is 2. The van der Waals surface area contributed by atoms with Crippen LogP contribution in [0.2, 0.25) is 0 Å². The fourth-order valence-corrected chi connectivity index (χ4v) is 4.95. The molecule has 0 spiro atoms. The number of aromatic nitrogens is 4. The number of rotatable bonds is 6. The van der Waals surface area contributed by atoms with Crippen molar-refractivity contribution in [3.8, 4) is 10.6 Å². The molecule has 34 heavy (non-hydrogen) atoms. The fraction of sp³-hybridized carbons (Fsp3) is 0.200. The number of carbonyl (C=O) groups excluding carboxylic acids is 2. The maximum Gasteiger partial charge on any atom is 0.328 e. The van der Waals surface area contributed by atoms with E-state index in [9.17, 15) is 9.59 Å². The van der Waals surface area contributed by atoms with Crippen LogP contribution in [-0.4, -0.2) is 44.8 Å². The van der Waals surface area contributed by atoms with Crippen LogP contribution >= 0.6 is 11.3 Å². The predicted molar refractivity (Wildman–Crippen MR) is 132 cm³/mol. The van der Waals surface area contributed by atoms with Gasteiger partial charge in [-0.25, -0.2) is 9.78 Å². The van der Waals surface area contributed by atoms with Gasteiger partial charge in [-0.2, -0.15) is 5.10 Å². The van der Waals surface area contributed by atoms with Crippen LogP contribution in [0.4, 0.5) is 0 Å². The molecule has 172 valence electrons. The standard InChI is InChI=1S/C25H23N5O3S/c1-14-22-17(12-19(21-9-6-10-34-21)27-23(22)30(2)29-14)24(31)28-20(25(32)33-3)11-15-13-26-18-8-5-4-7-16(15)18/h4-10,12-13,20,26H,11H2,1-3H3,(H,28,31)/t20-/m1/s1. The third-order valence-electron chi connectivity index (χ3n) is 5.88. The van der Waals surface area contributed by atoms with E-state index in [0.29, 0.717) is 34.4 Å². The number of nitrogens with one attached hydrogen (secondary N) is 2. The van der Waals surface area contributed by atoms with Gasteiger partial charge in [0, 0.05) is 30.6 Å².